The van der Waals surface area contributed by atoms with Crippen LogP contribution in [-0.4, -0.2) is 17.7 Å². The smallest absolute Gasteiger partial charge is 0.262 e. The summed E-state index contributed by atoms with van der Waals surface area (Å²) in [5, 5.41) is 7.86. The zero-order valence-electron chi connectivity index (χ0n) is 13.4. The Bertz CT molecular complexity index is 710. The monoisotopic (exact) mass is 329 g/mol. The molecule has 5 heteroatoms. The van der Waals surface area contributed by atoms with Crippen molar-refractivity contribution < 1.29 is 4.79 Å². The molecule has 0 aliphatic heterocycles. The van der Waals surface area contributed by atoms with Gasteiger partial charge >= 0.3 is 0 Å². The van der Waals surface area contributed by atoms with Gasteiger partial charge in [-0.3, -0.25) is 4.79 Å². The van der Waals surface area contributed by atoms with Gasteiger partial charge in [0.1, 0.15) is 6.04 Å². The Morgan fingerprint density at radius 2 is 1.87 bits per heavy atom. The summed E-state index contributed by atoms with van der Waals surface area (Å²) < 4.78 is 0. The molecule has 2 aromatic carbocycles. The molecule has 0 spiro atoms. The summed E-state index contributed by atoms with van der Waals surface area (Å²) in [6.07, 6.45) is 0. The summed E-state index contributed by atoms with van der Waals surface area (Å²) in [7, 11) is 0. The topological polar surface area (TPSA) is 53.5 Å². The molecule has 4 nitrogen and oxygen atoms in total. The van der Waals surface area contributed by atoms with E-state index in [9.17, 15) is 4.79 Å². The van der Waals surface area contributed by atoms with Crippen LogP contribution in [0.5, 0.6) is 0 Å². The van der Waals surface area contributed by atoms with Gasteiger partial charge in [-0.1, -0.05) is 47.5 Å². The van der Waals surface area contributed by atoms with Crippen molar-refractivity contribution in [3.63, 3.8) is 0 Å². The number of hydrogen-bond acceptors (Lipinski definition) is 3. The molecule has 0 saturated heterocycles. The molecule has 0 heterocycles. The molecule has 2 N–H and O–H groups in total. The first-order chi connectivity index (χ1) is 11.0. The fourth-order valence-corrected chi connectivity index (χ4v) is 2.18. The lowest BCUT2D eigenvalue weighted by Crippen LogP contribution is -2.35. The molecule has 0 bridgehead atoms. The van der Waals surface area contributed by atoms with Gasteiger partial charge in [0, 0.05) is 10.7 Å². The molecular formula is C18H20ClN3O. The molecular weight excluding hydrogens is 310 g/mol. The zero-order valence-corrected chi connectivity index (χ0v) is 14.2. The summed E-state index contributed by atoms with van der Waals surface area (Å²) >= 11 is 5.93. The SMILES string of the molecule is C/C(=N/NC(=O)C(C)Nc1cccc(Cl)c1)c1ccc(C)cc1. The van der Waals surface area contributed by atoms with Gasteiger partial charge in [-0.2, -0.15) is 5.10 Å². The summed E-state index contributed by atoms with van der Waals surface area (Å²) in [6, 6.07) is 14.8. The van der Waals surface area contributed by atoms with Crippen LogP contribution in [-0.2, 0) is 4.79 Å². The highest BCUT2D eigenvalue weighted by atomic mass is 35.5. The van der Waals surface area contributed by atoms with Gasteiger partial charge in [-0.05, 0) is 44.5 Å². The van der Waals surface area contributed by atoms with Crippen molar-refractivity contribution in [1.29, 1.82) is 0 Å². The normalized spacial score (nSPS) is 12.6. The van der Waals surface area contributed by atoms with E-state index in [-0.39, 0.29) is 5.91 Å². The molecule has 0 aliphatic rings. The van der Waals surface area contributed by atoms with E-state index in [1.165, 1.54) is 5.56 Å². The maximum absolute atomic E-state index is 12.1. The van der Waals surface area contributed by atoms with Crippen LogP contribution in [0, 0.1) is 6.92 Å². The number of nitrogens with zero attached hydrogens (tertiary/aromatic N) is 1. The molecule has 0 fully saturated rings. The Labute approximate surface area is 141 Å². The van der Waals surface area contributed by atoms with Gasteiger partial charge in [-0.15, -0.1) is 0 Å². The second-order valence-electron chi connectivity index (χ2n) is 5.42. The lowest BCUT2D eigenvalue weighted by molar-refractivity contribution is -0.121. The van der Waals surface area contributed by atoms with E-state index in [1.807, 2.05) is 50.2 Å². The van der Waals surface area contributed by atoms with Crippen LogP contribution in [0.2, 0.25) is 5.02 Å². The Balaban J connectivity index is 1.95. The molecule has 23 heavy (non-hydrogen) atoms. The van der Waals surface area contributed by atoms with E-state index in [1.54, 1.807) is 19.1 Å². The molecule has 1 atom stereocenters. The summed E-state index contributed by atoms with van der Waals surface area (Å²) in [5.41, 5.74) is 6.30. The summed E-state index contributed by atoms with van der Waals surface area (Å²) in [5.74, 6) is -0.212. The number of amides is 1. The van der Waals surface area contributed by atoms with Gasteiger partial charge in [0.2, 0.25) is 0 Å². The van der Waals surface area contributed by atoms with Gasteiger partial charge < -0.3 is 5.32 Å². The molecule has 120 valence electrons. The van der Waals surface area contributed by atoms with Gasteiger partial charge in [0.25, 0.3) is 5.91 Å². The molecule has 0 radical (unpaired) electrons. The maximum Gasteiger partial charge on any atom is 0.262 e. The van der Waals surface area contributed by atoms with Gasteiger partial charge in [0.05, 0.1) is 5.71 Å². The lowest BCUT2D eigenvalue weighted by Gasteiger charge is -2.14. The van der Waals surface area contributed by atoms with E-state index in [4.69, 9.17) is 11.6 Å². The first-order valence-electron chi connectivity index (χ1n) is 7.39. The van der Waals surface area contributed by atoms with Crippen molar-refractivity contribution in [2.75, 3.05) is 5.32 Å². The van der Waals surface area contributed by atoms with Crippen molar-refractivity contribution in [3.05, 3.63) is 64.7 Å². The third-order valence-electron chi connectivity index (χ3n) is 3.40. The Hall–Kier alpha value is -2.33. The van der Waals surface area contributed by atoms with E-state index in [0.717, 1.165) is 17.0 Å². The van der Waals surface area contributed by atoms with Crippen molar-refractivity contribution in [1.82, 2.24) is 5.43 Å². The zero-order chi connectivity index (χ0) is 16.8. The van der Waals surface area contributed by atoms with Crippen molar-refractivity contribution in [2.24, 2.45) is 5.10 Å². The van der Waals surface area contributed by atoms with Crippen LogP contribution >= 0.6 is 11.6 Å². The van der Waals surface area contributed by atoms with Crippen LogP contribution in [0.15, 0.2) is 53.6 Å². The van der Waals surface area contributed by atoms with Gasteiger partial charge in [0.15, 0.2) is 0 Å². The van der Waals surface area contributed by atoms with Crippen LogP contribution in [0.3, 0.4) is 0 Å². The number of hydrazone groups is 1. The fraction of sp³-hybridized carbons (Fsp3) is 0.222. The van der Waals surface area contributed by atoms with E-state index in [2.05, 4.69) is 15.8 Å². The second-order valence-corrected chi connectivity index (χ2v) is 5.85. The minimum Gasteiger partial charge on any atom is -0.374 e. The fourth-order valence-electron chi connectivity index (χ4n) is 1.99. The number of carbonyl (C=O) groups is 1. The van der Waals surface area contributed by atoms with E-state index >= 15 is 0 Å². The number of carbonyl (C=O) groups excluding carboxylic acids is 1. The highest BCUT2D eigenvalue weighted by molar-refractivity contribution is 6.30. The number of hydrogen-bond donors (Lipinski definition) is 2. The van der Waals surface area contributed by atoms with Crippen molar-refractivity contribution >= 4 is 28.9 Å². The van der Waals surface area contributed by atoms with E-state index < -0.39 is 6.04 Å². The second kappa shape index (κ2) is 7.79. The first kappa shape index (κ1) is 17.0. The molecule has 0 saturated carbocycles. The Morgan fingerprint density at radius 1 is 1.17 bits per heavy atom. The minimum absolute atomic E-state index is 0.212. The van der Waals surface area contributed by atoms with Crippen LogP contribution in [0.1, 0.15) is 25.0 Å². The summed E-state index contributed by atoms with van der Waals surface area (Å²) in [6.45, 7) is 5.66. The molecule has 0 aromatic heterocycles. The van der Waals surface area contributed by atoms with E-state index in [0.29, 0.717) is 5.02 Å². The summed E-state index contributed by atoms with van der Waals surface area (Å²) in [4.78, 5) is 12.1. The quantitative estimate of drug-likeness (QED) is 0.643. The number of nitrogens with one attached hydrogen (secondary N) is 2. The standard InChI is InChI=1S/C18H20ClN3O/c1-12-7-9-15(10-8-12)13(2)21-22-18(23)14(3)20-17-6-4-5-16(19)11-17/h4-11,14,20H,1-3H3,(H,22,23)/b21-13-. The highest BCUT2D eigenvalue weighted by Gasteiger charge is 2.12. The van der Waals surface area contributed by atoms with Crippen LogP contribution in [0.25, 0.3) is 0 Å². The number of aryl methyl sites for hydroxylation is 1. The molecule has 1 unspecified atom stereocenters. The number of rotatable bonds is 5. The third kappa shape index (κ3) is 5.11. The van der Waals surface area contributed by atoms with Crippen molar-refractivity contribution in [2.45, 2.75) is 26.8 Å². The largest absolute Gasteiger partial charge is 0.374 e. The predicted octanol–water partition coefficient (Wildman–Crippen LogP) is 3.99. The Kier molecular flexibility index (Phi) is 5.77. The molecule has 1 amide bonds. The molecule has 0 aliphatic carbocycles. The maximum atomic E-state index is 12.1. The van der Waals surface area contributed by atoms with Gasteiger partial charge in [-0.25, -0.2) is 5.43 Å². The first-order valence-corrected chi connectivity index (χ1v) is 7.77. The average molecular weight is 330 g/mol. The van der Waals surface area contributed by atoms with Crippen molar-refractivity contribution in [3.8, 4) is 0 Å². The lowest BCUT2D eigenvalue weighted by atomic mass is 10.1. The highest BCUT2D eigenvalue weighted by Crippen LogP contribution is 2.15. The Morgan fingerprint density at radius 3 is 2.52 bits per heavy atom. The predicted molar refractivity (Wildman–Crippen MR) is 96.1 cm³/mol. The molecule has 2 rings (SSSR count). The van der Waals surface area contributed by atoms with Crippen LogP contribution < -0.4 is 10.7 Å². The van der Waals surface area contributed by atoms with Crippen LogP contribution in [0.4, 0.5) is 5.69 Å². The number of anilines is 1. The number of benzene rings is 2. The minimum atomic E-state index is -0.428. The number of halogens is 1. The molecule has 2 aromatic rings. The third-order valence-corrected chi connectivity index (χ3v) is 3.64. The average Bonchev–Trinajstić information content (AvgIpc) is 2.53.